The highest BCUT2D eigenvalue weighted by atomic mass is 35.5. The van der Waals surface area contributed by atoms with Crippen LogP contribution in [-0.2, 0) is 5.88 Å². The largest absolute Gasteiger partial charge is 0.283 e. The van der Waals surface area contributed by atoms with Crippen LogP contribution >= 0.6 is 34.8 Å². The van der Waals surface area contributed by atoms with Crippen molar-refractivity contribution >= 4 is 34.8 Å². The number of alkyl halides is 1. The fourth-order valence-corrected chi connectivity index (χ4v) is 2.02. The Morgan fingerprint density at radius 3 is 2.69 bits per heavy atom. The van der Waals surface area contributed by atoms with E-state index in [1.807, 2.05) is 6.92 Å². The van der Waals surface area contributed by atoms with Crippen LogP contribution in [0.15, 0.2) is 18.5 Å². The lowest BCUT2D eigenvalue weighted by molar-refractivity contribution is 0.950. The van der Waals surface area contributed by atoms with Gasteiger partial charge in [0.1, 0.15) is 6.33 Å². The molecule has 0 aliphatic heterocycles. The van der Waals surface area contributed by atoms with Crippen LogP contribution in [0, 0.1) is 6.92 Å². The molecule has 2 rings (SSSR count). The van der Waals surface area contributed by atoms with Crippen molar-refractivity contribution in [1.29, 1.82) is 0 Å². The minimum absolute atomic E-state index is 0.266. The Labute approximate surface area is 108 Å². The molecule has 0 radical (unpaired) electrons. The van der Waals surface area contributed by atoms with Gasteiger partial charge in [0.05, 0.1) is 16.6 Å². The maximum absolute atomic E-state index is 6.14. The number of aryl methyl sites for hydroxylation is 1. The van der Waals surface area contributed by atoms with Crippen molar-refractivity contribution in [2.24, 2.45) is 0 Å². The van der Waals surface area contributed by atoms with Gasteiger partial charge in [0.2, 0.25) is 0 Å². The second kappa shape index (κ2) is 4.62. The second-order valence-electron chi connectivity index (χ2n) is 3.30. The van der Waals surface area contributed by atoms with Crippen LogP contribution in [0.3, 0.4) is 0 Å². The summed E-state index contributed by atoms with van der Waals surface area (Å²) < 4.78 is 1.72. The molecule has 0 fully saturated rings. The third kappa shape index (κ3) is 2.03. The summed E-state index contributed by atoms with van der Waals surface area (Å²) in [5, 5.41) is 8.91. The summed E-state index contributed by atoms with van der Waals surface area (Å²) in [6, 6.07) is 3.58. The Balaban J connectivity index is 2.60. The summed E-state index contributed by atoms with van der Waals surface area (Å²) in [7, 11) is 0. The van der Waals surface area contributed by atoms with Crippen LogP contribution in [0.5, 0.6) is 0 Å². The zero-order chi connectivity index (χ0) is 11.7. The Kier molecular flexibility index (Phi) is 3.38. The standard InChI is InChI=1S/C10H8Cl3N3/c1-6-2-8(13)9(3-7(6)12)16-5-14-15-10(16)4-11/h2-3,5H,4H2,1H3. The average Bonchev–Trinajstić information content (AvgIpc) is 2.71. The smallest absolute Gasteiger partial charge is 0.152 e. The normalized spacial score (nSPS) is 10.8. The molecule has 0 unspecified atom stereocenters. The second-order valence-corrected chi connectivity index (χ2v) is 4.39. The van der Waals surface area contributed by atoms with Crippen LogP contribution in [0.4, 0.5) is 0 Å². The SMILES string of the molecule is Cc1cc(Cl)c(-n2cnnc2CCl)cc1Cl. The summed E-state index contributed by atoms with van der Waals surface area (Å²) >= 11 is 17.9. The first-order valence-corrected chi connectivity index (χ1v) is 5.83. The van der Waals surface area contributed by atoms with Gasteiger partial charge in [0, 0.05) is 5.02 Å². The van der Waals surface area contributed by atoms with Gasteiger partial charge in [-0.05, 0) is 24.6 Å². The van der Waals surface area contributed by atoms with Gasteiger partial charge in [-0.15, -0.1) is 21.8 Å². The van der Waals surface area contributed by atoms with Crippen LogP contribution in [0.2, 0.25) is 10.0 Å². The summed E-state index contributed by atoms with van der Waals surface area (Å²) in [4.78, 5) is 0. The fraction of sp³-hybridized carbons (Fsp3) is 0.200. The zero-order valence-corrected chi connectivity index (χ0v) is 10.7. The topological polar surface area (TPSA) is 30.7 Å². The van der Waals surface area contributed by atoms with Crippen molar-refractivity contribution in [3.05, 3.63) is 39.9 Å². The molecule has 0 amide bonds. The molecule has 1 aromatic carbocycles. The molecule has 0 spiro atoms. The molecule has 3 nitrogen and oxygen atoms in total. The maximum atomic E-state index is 6.14. The summed E-state index contributed by atoms with van der Waals surface area (Å²) in [5.74, 6) is 0.894. The van der Waals surface area contributed by atoms with Crippen molar-refractivity contribution in [3.63, 3.8) is 0 Å². The van der Waals surface area contributed by atoms with Crippen LogP contribution in [0.1, 0.15) is 11.4 Å². The molecule has 0 bridgehead atoms. The molecular formula is C10H8Cl3N3. The third-order valence-electron chi connectivity index (χ3n) is 2.23. The van der Waals surface area contributed by atoms with Crippen molar-refractivity contribution in [1.82, 2.24) is 14.8 Å². The van der Waals surface area contributed by atoms with Gasteiger partial charge < -0.3 is 0 Å². The van der Waals surface area contributed by atoms with E-state index in [1.165, 1.54) is 0 Å². The lowest BCUT2D eigenvalue weighted by Crippen LogP contribution is -1.99. The highest BCUT2D eigenvalue weighted by molar-refractivity contribution is 6.35. The summed E-state index contributed by atoms with van der Waals surface area (Å²) in [6.45, 7) is 1.90. The molecule has 0 saturated heterocycles. The van der Waals surface area contributed by atoms with E-state index in [1.54, 1.807) is 23.0 Å². The number of hydrogen-bond acceptors (Lipinski definition) is 2. The van der Waals surface area contributed by atoms with E-state index in [0.29, 0.717) is 15.9 Å². The van der Waals surface area contributed by atoms with Gasteiger partial charge in [-0.1, -0.05) is 23.2 Å². The summed E-state index contributed by atoms with van der Waals surface area (Å²) in [6.07, 6.45) is 1.56. The monoisotopic (exact) mass is 275 g/mol. The lowest BCUT2D eigenvalue weighted by Gasteiger charge is -2.09. The number of benzene rings is 1. The van der Waals surface area contributed by atoms with E-state index in [-0.39, 0.29) is 5.88 Å². The number of rotatable bonds is 2. The predicted octanol–water partition coefficient (Wildman–Crippen LogP) is 3.62. The molecule has 6 heteroatoms. The number of halogens is 3. The van der Waals surface area contributed by atoms with E-state index in [9.17, 15) is 0 Å². The molecule has 16 heavy (non-hydrogen) atoms. The van der Waals surface area contributed by atoms with Crippen LogP contribution < -0.4 is 0 Å². The van der Waals surface area contributed by atoms with E-state index in [0.717, 1.165) is 11.3 Å². The molecule has 1 aromatic heterocycles. The Morgan fingerprint density at radius 2 is 2.00 bits per heavy atom. The number of nitrogens with zero attached hydrogens (tertiary/aromatic N) is 3. The minimum atomic E-state index is 0.266. The Bertz CT molecular complexity index is 522. The van der Waals surface area contributed by atoms with Gasteiger partial charge in [0.25, 0.3) is 0 Å². The molecule has 0 aliphatic carbocycles. The van der Waals surface area contributed by atoms with Gasteiger partial charge in [0.15, 0.2) is 5.82 Å². The quantitative estimate of drug-likeness (QED) is 0.784. The van der Waals surface area contributed by atoms with Gasteiger partial charge in [-0.25, -0.2) is 0 Å². The first-order chi connectivity index (χ1) is 7.63. The van der Waals surface area contributed by atoms with Gasteiger partial charge in [-0.3, -0.25) is 4.57 Å². The van der Waals surface area contributed by atoms with Crippen LogP contribution in [-0.4, -0.2) is 14.8 Å². The lowest BCUT2D eigenvalue weighted by atomic mass is 10.2. The molecule has 84 valence electrons. The molecule has 1 heterocycles. The average molecular weight is 277 g/mol. The third-order valence-corrected chi connectivity index (χ3v) is 3.17. The van der Waals surface area contributed by atoms with E-state index < -0.39 is 0 Å². The molecule has 0 atom stereocenters. The molecule has 0 aliphatic rings. The van der Waals surface area contributed by atoms with Crippen molar-refractivity contribution in [3.8, 4) is 5.69 Å². The number of aromatic nitrogens is 3. The highest BCUT2D eigenvalue weighted by Crippen LogP contribution is 2.28. The first-order valence-electron chi connectivity index (χ1n) is 4.54. The zero-order valence-electron chi connectivity index (χ0n) is 8.41. The highest BCUT2D eigenvalue weighted by Gasteiger charge is 2.10. The molecule has 2 aromatic rings. The van der Waals surface area contributed by atoms with E-state index in [4.69, 9.17) is 34.8 Å². The van der Waals surface area contributed by atoms with Crippen molar-refractivity contribution in [2.45, 2.75) is 12.8 Å². The van der Waals surface area contributed by atoms with Gasteiger partial charge >= 0.3 is 0 Å². The van der Waals surface area contributed by atoms with E-state index in [2.05, 4.69) is 10.2 Å². The summed E-state index contributed by atoms with van der Waals surface area (Å²) in [5.41, 5.74) is 1.66. The Morgan fingerprint density at radius 1 is 1.25 bits per heavy atom. The molecular weight excluding hydrogens is 268 g/mol. The first kappa shape index (κ1) is 11.7. The van der Waals surface area contributed by atoms with Crippen LogP contribution in [0.25, 0.3) is 5.69 Å². The molecule has 0 N–H and O–H groups in total. The predicted molar refractivity (Wildman–Crippen MR) is 65.7 cm³/mol. The van der Waals surface area contributed by atoms with Gasteiger partial charge in [-0.2, -0.15) is 0 Å². The number of hydrogen-bond donors (Lipinski definition) is 0. The van der Waals surface area contributed by atoms with Crippen molar-refractivity contribution < 1.29 is 0 Å². The maximum Gasteiger partial charge on any atom is 0.152 e. The Hall–Kier alpha value is -0.770. The van der Waals surface area contributed by atoms with Crippen molar-refractivity contribution in [2.75, 3.05) is 0 Å². The molecule has 0 saturated carbocycles. The fourth-order valence-electron chi connectivity index (χ4n) is 1.37. The van der Waals surface area contributed by atoms with E-state index >= 15 is 0 Å². The minimum Gasteiger partial charge on any atom is -0.283 e.